The number of pyridine rings is 5. The summed E-state index contributed by atoms with van der Waals surface area (Å²) in [6, 6.07) is 42.6. The number of benzene rings is 4. The lowest BCUT2D eigenvalue weighted by Gasteiger charge is -2.15. The minimum absolute atomic E-state index is 0.231. The van der Waals surface area contributed by atoms with Gasteiger partial charge in [0.1, 0.15) is 11.6 Å². The van der Waals surface area contributed by atoms with Gasteiger partial charge >= 0.3 is 0 Å². The fourth-order valence-electron chi connectivity index (χ4n) is 17.6. The Hall–Kier alpha value is -15.3. The van der Waals surface area contributed by atoms with Crippen molar-refractivity contribution in [1.82, 2.24) is 92.4 Å². The van der Waals surface area contributed by atoms with Gasteiger partial charge in [-0.15, -0.1) is 6.42 Å². The Morgan fingerprint density at radius 2 is 0.756 bits per heavy atom. The van der Waals surface area contributed by atoms with E-state index in [0.29, 0.717) is 54.6 Å². The maximum Gasteiger partial charge on any atom is 0.180 e. The summed E-state index contributed by atoms with van der Waals surface area (Å²) in [6.45, 7) is 17.5. The highest BCUT2D eigenvalue weighted by molar-refractivity contribution is 5.87. The maximum absolute atomic E-state index is 13.9. The average Bonchev–Trinajstić information content (AvgIpc) is 1.67. The van der Waals surface area contributed by atoms with Gasteiger partial charge in [-0.3, -0.25) is 33.1 Å². The van der Waals surface area contributed by atoms with Crippen LogP contribution in [0.3, 0.4) is 0 Å². The molecule has 4 unspecified atom stereocenters. The Bertz CT molecular complexity index is 7330. The highest BCUT2D eigenvalue weighted by Gasteiger charge is 2.27. The fraction of sp³-hybridized carbons (Fsp3) is 0.269. The molecule has 20 aromatic rings. The van der Waals surface area contributed by atoms with E-state index in [2.05, 4.69) is 237 Å². The van der Waals surface area contributed by atoms with E-state index in [9.17, 15) is 8.78 Å². The lowest BCUT2D eigenvalue weighted by molar-refractivity contribution is 0.188. The molecular weight excluding hydrogens is 1690 g/mol. The first-order valence-electron chi connectivity index (χ1n) is 46.5. The van der Waals surface area contributed by atoms with Crippen LogP contribution in [0.1, 0.15) is 166 Å². The van der Waals surface area contributed by atoms with E-state index in [0.717, 1.165) is 184 Å². The monoisotopic (exact) mass is 1800 g/mol. The second kappa shape index (κ2) is 41.7. The van der Waals surface area contributed by atoms with Crippen molar-refractivity contribution in [3.8, 4) is 57.2 Å². The number of terminal acetylenes is 1. The summed E-state index contributed by atoms with van der Waals surface area (Å²) in [4.78, 5) is 63.8. The number of halogens is 2. The number of nitrogens with zero attached hydrogens (tertiary/aromatic N) is 15. The molecule has 4 atom stereocenters. The second-order valence-corrected chi connectivity index (χ2v) is 34.9. The number of rotatable bonds is 33. The van der Waals surface area contributed by atoms with Crippen molar-refractivity contribution >= 4 is 89.3 Å². The van der Waals surface area contributed by atoms with Gasteiger partial charge in [0.2, 0.25) is 0 Å². The number of fused-ring (bicyclic) bond motifs is 8. The standard InChI is InChI=1S/C28H30N6.C27H28FN5O.C27H26N6.C26H27FN6O/c1-3-18(2)26-16-32-28-27(30-11-10-20-15-31-24-7-5-4-6-23(20)24)33-25(17-34(26)28)22-12-21(13-29-14-22)19-8-9-19;1-18(8-10-34-2)26-16-32-27-25(12-21(17-33(26)27)20-11-22(28)15-29-13-20)30-9-7-19-14-31-24-6-4-3-5-23(19)24;1-4-18(3)25-16-31-27-26(29-11-10-20-15-30-23-9-7-6-8-22(20)23)32-24(17-33(25)27)21-12-19(5-2)13-28-14-21;1-17(8-10-34-2)24-15-31-26-25(29-9-7-18-13-30-22-6-4-3-5-21(18)22)32-23(16-33(24)26)19-11-20(27)14-28-12-19/h4-7,12-19,31H,3,8-11H2,1-2H3,(H,30,33);3-6,11-18,30-31H,7-10H2,1-2H3;2,6-9,12-18,30H,4,10-11H2,1,3H3,(H,29,32);3-6,11-17,30H,7-10H2,1-2H3,(H,29,32). The highest BCUT2D eigenvalue weighted by Crippen LogP contribution is 2.42. The Kier molecular flexibility index (Phi) is 27.9. The summed E-state index contributed by atoms with van der Waals surface area (Å²) in [5.41, 5.74) is 27.0. The summed E-state index contributed by atoms with van der Waals surface area (Å²) in [5.74, 6) is 6.09. The number of methoxy groups -OCH3 is 2. The molecule has 1 fully saturated rings. The molecule has 0 bridgehead atoms. The van der Waals surface area contributed by atoms with Crippen LogP contribution in [0.2, 0.25) is 0 Å². The average molecular weight is 1800 g/mol. The number of aromatic nitrogens is 19. The van der Waals surface area contributed by atoms with Crippen molar-refractivity contribution < 1.29 is 18.3 Å². The molecule has 0 amide bonds. The molecule has 27 heteroatoms. The van der Waals surface area contributed by atoms with Crippen molar-refractivity contribution in [3.63, 3.8) is 0 Å². The van der Waals surface area contributed by atoms with E-state index < -0.39 is 5.82 Å². The van der Waals surface area contributed by atoms with E-state index in [-0.39, 0.29) is 17.7 Å². The maximum atomic E-state index is 13.9. The van der Waals surface area contributed by atoms with Gasteiger partial charge < -0.3 is 55.1 Å². The number of H-pyrrole nitrogens is 4. The van der Waals surface area contributed by atoms with Crippen LogP contribution < -0.4 is 21.3 Å². The molecule has 25 nitrogen and oxygen atoms in total. The lowest BCUT2D eigenvalue weighted by Crippen LogP contribution is -2.10. The predicted molar refractivity (Wildman–Crippen MR) is 536 cm³/mol. The third-order valence-electron chi connectivity index (χ3n) is 25.8. The molecule has 1 aliphatic rings. The highest BCUT2D eigenvalue weighted by atomic mass is 19.1. The summed E-state index contributed by atoms with van der Waals surface area (Å²) < 4.78 is 46.9. The summed E-state index contributed by atoms with van der Waals surface area (Å²) >= 11 is 0. The molecule has 0 aliphatic heterocycles. The van der Waals surface area contributed by atoms with Gasteiger partial charge in [-0.1, -0.05) is 120 Å². The van der Waals surface area contributed by atoms with Crippen LogP contribution in [0, 0.1) is 24.0 Å². The first-order valence-corrected chi connectivity index (χ1v) is 46.5. The topological polar surface area (TPSA) is 289 Å². The summed E-state index contributed by atoms with van der Waals surface area (Å²) in [6.07, 6.45) is 52.7. The normalized spacial score (nSPS) is 12.9. The fourth-order valence-corrected chi connectivity index (χ4v) is 17.6. The number of aromatic amines is 4. The van der Waals surface area contributed by atoms with Crippen LogP contribution in [0.25, 0.3) is 111 Å². The number of imidazole rings is 4. The summed E-state index contributed by atoms with van der Waals surface area (Å²) in [7, 11) is 3.42. The van der Waals surface area contributed by atoms with E-state index in [1.165, 1.54) is 97.9 Å². The molecule has 16 heterocycles. The molecule has 0 radical (unpaired) electrons. The number of ether oxygens (including phenoxy) is 2. The minimum Gasteiger partial charge on any atom is -0.385 e. The number of para-hydroxylation sites is 4. The minimum atomic E-state index is -0.396. The molecule has 16 aromatic heterocycles. The van der Waals surface area contributed by atoms with Crippen LogP contribution in [0.15, 0.2) is 251 Å². The summed E-state index contributed by atoms with van der Waals surface area (Å²) in [5, 5.41) is 19.2. The smallest absolute Gasteiger partial charge is 0.180 e. The van der Waals surface area contributed by atoms with Crippen molar-refractivity contribution in [2.45, 2.75) is 135 Å². The number of hydrogen-bond acceptors (Lipinski definition) is 17. The lowest BCUT2D eigenvalue weighted by atomic mass is 10.0. The second-order valence-electron chi connectivity index (χ2n) is 34.9. The van der Waals surface area contributed by atoms with Gasteiger partial charge in [-0.2, -0.15) is 0 Å². The van der Waals surface area contributed by atoms with Gasteiger partial charge in [0.15, 0.2) is 40.0 Å². The molecule has 4 aromatic carbocycles. The van der Waals surface area contributed by atoms with Crippen LogP contribution in [-0.2, 0) is 35.2 Å². The van der Waals surface area contributed by atoms with E-state index in [1.807, 2.05) is 96.6 Å². The van der Waals surface area contributed by atoms with Gasteiger partial charge in [-0.25, -0.2) is 43.7 Å². The van der Waals surface area contributed by atoms with Crippen LogP contribution >= 0.6 is 0 Å². The third-order valence-corrected chi connectivity index (χ3v) is 25.8. The van der Waals surface area contributed by atoms with Gasteiger partial charge in [0.25, 0.3) is 0 Å². The Labute approximate surface area is 782 Å². The first kappa shape index (κ1) is 90.3. The Balaban J connectivity index is 0.000000120. The molecule has 1 saturated carbocycles. The van der Waals surface area contributed by atoms with E-state index in [4.69, 9.17) is 45.8 Å². The van der Waals surface area contributed by atoms with Gasteiger partial charge in [0.05, 0.1) is 35.2 Å². The largest absolute Gasteiger partial charge is 0.385 e. The predicted octanol–water partition coefficient (Wildman–Crippen LogP) is 22.8. The molecule has 684 valence electrons. The molecule has 0 spiro atoms. The quantitative estimate of drug-likeness (QED) is 0.0177. The Morgan fingerprint density at radius 1 is 0.400 bits per heavy atom. The van der Waals surface area contributed by atoms with Crippen molar-refractivity contribution in [2.24, 2.45) is 0 Å². The molecular formula is C108H111F2N23O2. The number of anilines is 4. The van der Waals surface area contributed by atoms with Crippen LogP contribution in [-0.4, -0.2) is 146 Å². The molecule has 1 aliphatic carbocycles. The van der Waals surface area contributed by atoms with Gasteiger partial charge in [-0.05, 0) is 164 Å². The zero-order valence-corrected chi connectivity index (χ0v) is 77.2. The Morgan fingerprint density at radius 3 is 1.16 bits per heavy atom. The van der Waals surface area contributed by atoms with Crippen LogP contribution in [0.4, 0.5) is 31.9 Å². The number of nitrogens with one attached hydrogen (secondary N) is 8. The zero-order chi connectivity index (χ0) is 92.8. The third kappa shape index (κ3) is 20.4. The van der Waals surface area contributed by atoms with E-state index in [1.54, 1.807) is 39.0 Å². The van der Waals surface area contributed by atoms with Crippen molar-refractivity contribution in [3.05, 3.63) is 319 Å². The molecule has 135 heavy (non-hydrogen) atoms. The zero-order valence-electron chi connectivity index (χ0n) is 77.2. The van der Waals surface area contributed by atoms with Crippen molar-refractivity contribution in [1.29, 1.82) is 0 Å². The SMILES string of the molecule is C#Cc1cncc(-c2cn3c(C(C)CC)cnc3c(NCCc3c[nH]c4ccccc34)n2)c1.CCC(C)c1cnc2c(NCCc3c[nH]c4ccccc34)nc(-c3cncc(C4CC4)c3)cn12.COCCC(C)c1cnc2c(NCCc3c[nH]c4ccccc34)cc(-c3cncc(F)c3)cn12.COCCC(C)c1cnc2c(NCCc3c[nH]c4ccccc34)nc(-c3cncc(F)c3)cn12. The molecule has 8 N–H and O–H groups in total. The van der Waals surface area contributed by atoms with Crippen LogP contribution in [0.5, 0.6) is 0 Å². The number of hydrogen-bond donors (Lipinski definition) is 8. The molecule has 0 saturated heterocycles. The molecule has 21 rings (SSSR count). The van der Waals surface area contributed by atoms with E-state index >= 15 is 0 Å². The van der Waals surface area contributed by atoms with Gasteiger partial charge in [0, 0.05) is 277 Å². The van der Waals surface area contributed by atoms with Crippen molar-refractivity contribution in [2.75, 3.05) is 74.9 Å². The first-order chi connectivity index (χ1) is 66.2.